The molecule has 0 aliphatic rings. The van der Waals surface area contributed by atoms with E-state index in [1.807, 2.05) is 6.07 Å². The van der Waals surface area contributed by atoms with E-state index in [2.05, 4.69) is 10.0 Å². The summed E-state index contributed by atoms with van der Waals surface area (Å²) >= 11 is 0. The summed E-state index contributed by atoms with van der Waals surface area (Å²) in [5.74, 6) is 0. The molecule has 0 radical (unpaired) electrons. The van der Waals surface area contributed by atoms with E-state index in [0.717, 1.165) is 0 Å². The standard InChI is InChI=1S/C14H14N4O2S/c1-17-21(19,20)14-8-11(16)4-7-13(14)18-12-5-2-10(9-15)3-6-12/h2-8,17-18H,16H2,1H3. The van der Waals surface area contributed by atoms with Gasteiger partial charge in [0.1, 0.15) is 4.90 Å². The third-order valence-electron chi connectivity index (χ3n) is 2.86. The zero-order valence-electron chi connectivity index (χ0n) is 11.3. The van der Waals surface area contributed by atoms with Crippen molar-refractivity contribution in [3.05, 3.63) is 48.0 Å². The van der Waals surface area contributed by atoms with E-state index in [4.69, 9.17) is 11.0 Å². The largest absolute Gasteiger partial charge is 0.399 e. The second-order valence-corrected chi connectivity index (χ2v) is 6.13. The van der Waals surface area contributed by atoms with Crippen molar-refractivity contribution in [3.8, 4) is 6.07 Å². The van der Waals surface area contributed by atoms with Crippen LogP contribution in [0.2, 0.25) is 0 Å². The highest BCUT2D eigenvalue weighted by Gasteiger charge is 2.17. The van der Waals surface area contributed by atoms with E-state index < -0.39 is 10.0 Å². The van der Waals surface area contributed by atoms with E-state index in [0.29, 0.717) is 22.6 Å². The molecule has 2 rings (SSSR count). The lowest BCUT2D eigenvalue weighted by molar-refractivity contribution is 0.588. The summed E-state index contributed by atoms with van der Waals surface area (Å²) < 4.78 is 26.3. The van der Waals surface area contributed by atoms with Crippen LogP contribution in [0.5, 0.6) is 0 Å². The van der Waals surface area contributed by atoms with Gasteiger partial charge in [0, 0.05) is 11.4 Å². The molecule has 0 aromatic heterocycles. The van der Waals surface area contributed by atoms with Crippen LogP contribution in [0.15, 0.2) is 47.4 Å². The highest BCUT2D eigenvalue weighted by atomic mass is 32.2. The number of nitriles is 1. The topological polar surface area (TPSA) is 108 Å². The van der Waals surface area contributed by atoms with E-state index in [1.54, 1.807) is 36.4 Å². The number of benzene rings is 2. The fourth-order valence-electron chi connectivity index (χ4n) is 1.76. The predicted octanol–water partition coefficient (Wildman–Crippen LogP) is 1.79. The number of nitrogen functional groups attached to an aromatic ring is 1. The Hall–Kier alpha value is -2.56. The minimum absolute atomic E-state index is 0.0642. The molecule has 108 valence electrons. The molecule has 0 fully saturated rings. The van der Waals surface area contributed by atoms with Crippen LogP contribution in [-0.2, 0) is 10.0 Å². The Morgan fingerprint density at radius 1 is 1.14 bits per heavy atom. The van der Waals surface area contributed by atoms with Crippen LogP contribution in [0.25, 0.3) is 0 Å². The average molecular weight is 302 g/mol. The Morgan fingerprint density at radius 3 is 2.38 bits per heavy atom. The molecular weight excluding hydrogens is 288 g/mol. The van der Waals surface area contributed by atoms with Crippen molar-refractivity contribution in [2.45, 2.75) is 4.90 Å². The van der Waals surface area contributed by atoms with Gasteiger partial charge in [0.15, 0.2) is 0 Å². The van der Waals surface area contributed by atoms with Crippen molar-refractivity contribution in [3.63, 3.8) is 0 Å². The van der Waals surface area contributed by atoms with Gasteiger partial charge in [-0.25, -0.2) is 13.1 Å². The number of hydrogen-bond donors (Lipinski definition) is 3. The van der Waals surface area contributed by atoms with Gasteiger partial charge >= 0.3 is 0 Å². The van der Waals surface area contributed by atoms with Gasteiger partial charge in [0.2, 0.25) is 10.0 Å². The molecule has 0 aliphatic carbocycles. The second kappa shape index (κ2) is 5.83. The molecule has 0 spiro atoms. The van der Waals surface area contributed by atoms with Gasteiger partial charge in [-0.05, 0) is 49.5 Å². The Kier molecular flexibility index (Phi) is 4.12. The molecule has 6 nitrogen and oxygen atoms in total. The van der Waals surface area contributed by atoms with Gasteiger partial charge < -0.3 is 11.1 Å². The first-order chi connectivity index (χ1) is 9.96. The highest BCUT2D eigenvalue weighted by Crippen LogP contribution is 2.27. The van der Waals surface area contributed by atoms with Crippen molar-refractivity contribution in [1.29, 1.82) is 5.26 Å². The number of nitrogens with one attached hydrogen (secondary N) is 2. The van der Waals surface area contributed by atoms with Gasteiger partial charge in [-0.15, -0.1) is 0 Å². The minimum Gasteiger partial charge on any atom is -0.399 e. The first kappa shape index (κ1) is 14.8. The molecule has 2 aromatic rings. The highest BCUT2D eigenvalue weighted by molar-refractivity contribution is 7.89. The van der Waals surface area contributed by atoms with Crippen LogP contribution < -0.4 is 15.8 Å². The van der Waals surface area contributed by atoms with Gasteiger partial charge in [-0.1, -0.05) is 0 Å². The van der Waals surface area contributed by atoms with E-state index in [9.17, 15) is 8.42 Å². The van der Waals surface area contributed by atoms with Crippen molar-refractivity contribution in [2.75, 3.05) is 18.1 Å². The van der Waals surface area contributed by atoms with Crippen LogP contribution in [-0.4, -0.2) is 15.5 Å². The maximum absolute atomic E-state index is 12.0. The summed E-state index contributed by atoms with van der Waals surface area (Å²) in [6.45, 7) is 0. The van der Waals surface area contributed by atoms with E-state index >= 15 is 0 Å². The number of sulfonamides is 1. The third-order valence-corrected chi connectivity index (χ3v) is 4.31. The number of nitrogens with zero attached hydrogens (tertiary/aromatic N) is 1. The van der Waals surface area contributed by atoms with Crippen LogP contribution in [0.3, 0.4) is 0 Å². The summed E-state index contributed by atoms with van der Waals surface area (Å²) in [6, 6.07) is 13.3. The summed E-state index contributed by atoms with van der Waals surface area (Å²) in [7, 11) is -2.29. The van der Waals surface area contributed by atoms with Crippen LogP contribution in [0, 0.1) is 11.3 Å². The van der Waals surface area contributed by atoms with Gasteiger partial charge in [-0.3, -0.25) is 0 Å². The molecule has 0 amide bonds. The lowest BCUT2D eigenvalue weighted by atomic mass is 10.2. The Morgan fingerprint density at radius 2 is 1.81 bits per heavy atom. The van der Waals surface area contributed by atoms with Gasteiger partial charge in [0.25, 0.3) is 0 Å². The Bertz CT molecular complexity index is 793. The zero-order chi connectivity index (χ0) is 15.5. The summed E-state index contributed by atoms with van der Waals surface area (Å²) in [5, 5.41) is 11.8. The molecule has 0 atom stereocenters. The van der Waals surface area contributed by atoms with Crippen LogP contribution >= 0.6 is 0 Å². The molecule has 0 saturated heterocycles. The molecule has 0 aliphatic heterocycles. The summed E-state index contributed by atoms with van der Waals surface area (Å²) in [6.07, 6.45) is 0. The summed E-state index contributed by atoms with van der Waals surface area (Å²) in [4.78, 5) is 0.0642. The first-order valence-electron chi connectivity index (χ1n) is 6.06. The maximum Gasteiger partial charge on any atom is 0.242 e. The Balaban J connectivity index is 2.42. The number of nitrogens with two attached hydrogens (primary N) is 1. The van der Waals surface area contributed by atoms with Crippen molar-refractivity contribution in [2.24, 2.45) is 0 Å². The van der Waals surface area contributed by atoms with Gasteiger partial charge in [-0.2, -0.15) is 5.26 Å². The van der Waals surface area contributed by atoms with Crippen molar-refractivity contribution >= 4 is 27.1 Å². The number of rotatable bonds is 4. The fourth-order valence-corrected chi connectivity index (χ4v) is 2.68. The van der Waals surface area contributed by atoms with E-state index in [1.165, 1.54) is 13.1 Å². The lowest BCUT2D eigenvalue weighted by Crippen LogP contribution is -2.20. The normalized spacial score (nSPS) is 10.9. The van der Waals surface area contributed by atoms with Crippen molar-refractivity contribution < 1.29 is 8.42 Å². The predicted molar refractivity (Wildman–Crippen MR) is 81.5 cm³/mol. The number of hydrogen-bond acceptors (Lipinski definition) is 5. The molecule has 0 saturated carbocycles. The molecule has 2 aromatic carbocycles. The summed E-state index contributed by atoms with van der Waals surface area (Å²) in [5.41, 5.74) is 7.62. The maximum atomic E-state index is 12.0. The van der Waals surface area contributed by atoms with Crippen molar-refractivity contribution in [1.82, 2.24) is 4.72 Å². The molecule has 4 N–H and O–H groups in total. The molecule has 0 heterocycles. The molecule has 21 heavy (non-hydrogen) atoms. The van der Waals surface area contributed by atoms with Crippen LogP contribution in [0.1, 0.15) is 5.56 Å². The minimum atomic E-state index is -3.63. The average Bonchev–Trinajstić information content (AvgIpc) is 2.49. The third kappa shape index (κ3) is 3.31. The molecule has 7 heteroatoms. The molecule has 0 bridgehead atoms. The first-order valence-corrected chi connectivity index (χ1v) is 7.55. The van der Waals surface area contributed by atoms with Crippen LogP contribution in [0.4, 0.5) is 17.1 Å². The lowest BCUT2D eigenvalue weighted by Gasteiger charge is -2.13. The Labute approximate surface area is 123 Å². The second-order valence-electron chi connectivity index (χ2n) is 4.28. The molecule has 0 unspecified atom stereocenters. The number of anilines is 3. The monoisotopic (exact) mass is 302 g/mol. The quantitative estimate of drug-likeness (QED) is 0.746. The smallest absolute Gasteiger partial charge is 0.242 e. The molecular formula is C14H14N4O2S. The fraction of sp³-hybridized carbons (Fsp3) is 0.0714. The van der Waals surface area contributed by atoms with E-state index in [-0.39, 0.29) is 4.90 Å². The zero-order valence-corrected chi connectivity index (χ0v) is 12.1. The van der Waals surface area contributed by atoms with Gasteiger partial charge in [0.05, 0.1) is 17.3 Å². The SMILES string of the molecule is CNS(=O)(=O)c1cc(N)ccc1Nc1ccc(C#N)cc1.